The molecule has 0 saturated heterocycles. The van der Waals surface area contributed by atoms with Crippen LogP contribution in [0.15, 0.2) is 30.6 Å². The van der Waals surface area contributed by atoms with E-state index >= 15 is 0 Å². The molecule has 2 amide bonds. The highest BCUT2D eigenvalue weighted by atomic mass is 19.1. The summed E-state index contributed by atoms with van der Waals surface area (Å²) >= 11 is 0. The molecule has 30 heavy (non-hydrogen) atoms. The van der Waals surface area contributed by atoms with E-state index in [0.29, 0.717) is 17.3 Å². The number of aromatic nitrogens is 2. The molecule has 0 bridgehead atoms. The largest absolute Gasteiger partial charge is 0.396 e. The van der Waals surface area contributed by atoms with Gasteiger partial charge in [0, 0.05) is 31.4 Å². The van der Waals surface area contributed by atoms with Crippen molar-refractivity contribution in [1.82, 2.24) is 15.0 Å². The van der Waals surface area contributed by atoms with E-state index in [4.69, 9.17) is 15.7 Å². The number of aryl methyl sites for hydroxylation is 2. The molecule has 0 radical (unpaired) electrons. The number of nitrogens with one attached hydrogen (secondary N) is 2. The Balaban J connectivity index is 2.13. The number of amides is 2. The summed E-state index contributed by atoms with van der Waals surface area (Å²) in [4.78, 5) is 33.8. The Hall–Kier alpha value is -3.50. The Morgan fingerprint density at radius 2 is 2.10 bits per heavy atom. The maximum absolute atomic E-state index is 14.5. The number of anilines is 2. The van der Waals surface area contributed by atoms with Crippen molar-refractivity contribution < 1.29 is 23.9 Å². The number of nitrogens with two attached hydrogens (primary N) is 1. The summed E-state index contributed by atoms with van der Waals surface area (Å²) in [5.41, 5.74) is 9.46. The Labute approximate surface area is 171 Å². The number of primary amides is 1. The first-order valence-electron chi connectivity index (χ1n) is 9.17. The van der Waals surface area contributed by atoms with E-state index in [2.05, 4.69) is 15.8 Å². The van der Waals surface area contributed by atoms with Crippen LogP contribution >= 0.6 is 0 Å². The van der Waals surface area contributed by atoms with E-state index in [0.717, 1.165) is 5.56 Å². The number of fused-ring (bicyclic) bond motifs is 1. The lowest BCUT2D eigenvalue weighted by Crippen LogP contribution is -2.27. The van der Waals surface area contributed by atoms with Gasteiger partial charge in [0.2, 0.25) is 0 Å². The number of halogens is 1. The summed E-state index contributed by atoms with van der Waals surface area (Å²) in [7, 11) is 1.58. The van der Waals surface area contributed by atoms with E-state index in [1.807, 2.05) is 0 Å². The fourth-order valence-electron chi connectivity index (χ4n) is 3.14. The van der Waals surface area contributed by atoms with Gasteiger partial charge < -0.3 is 20.7 Å². The third kappa shape index (κ3) is 4.09. The average Bonchev–Trinajstić information content (AvgIpc) is 2.99. The van der Waals surface area contributed by atoms with Crippen molar-refractivity contribution in [3.8, 4) is 0 Å². The number of benzene rings is 1. The maximum atomic E-state index is 14.5. The zero-order valence-electron chi connectivity index (χ0n) is 16.5. The molecule has 158 valence electrons. The Morgan fingerprint density at radius 1 is 1.33 bits per heavy atom. The SMILES string of the molecule is Cc1ccc(Nc2c(C(=O)NOCCCO)n(C)c3c(C(N)=O)cncc23)c(F)c1. The summed E-state index contributed by atoms with van der Waals surface area (Å²) < 4.78 is 15.9. The molecule has 0 aliphatic rings. The minimum absolute atomic E-state index is 0.0863. The predicted molar refractivity (Wildman–Crippen MR) is 109 cm³/mol. The quantitative estimate of drug-likeness (QED) is 0.328. The van der Waals surface area contributed by atoms with Crippen molar-refractivity contribution in [2.75, 3.05) is 18.5 Å². The van der Waals surface area contributed by atoms with E-state index < -0.39 is 17.6 Å². The van der Waals surface area contributed by atoms with Gasteiger partial charge in [0.1, 0.15) is 11.5 Å². The Bertz CT molecular complexity index is 1110. The predicted octanol–water partition coefficient (Wildman–Crippen LogP) is 1.91. The van der Waals surface area contributed by atoms with E-state index in [-0.39, 0.29) is 35.8 Å². The van der Waals surface area contributed by atoms with Crippen LogP contribution in [-0.4, -0.2) is 39.7 Å². The van der Waals surface area contributed by atoms with E-state index in [9.17, 15) is 14.0 Å². The lowest BCUT2D eigenvalue weighted by Gasteiger charge is -2.12. The number of hydrogen-bond donors (Lipinski definition) is 4. The summed E-state index contributed by atoms with van der Waals surface area (Å²) in [6.45, 7) is 1.78. The van der Waals surface area contributed by atoms with Gasteiger partial charge in [-0.05, 0) is 31.0 Å². The molecule has 0 unspecified atom stereocenters. The van der Waals surface area contributed by atoms with Crippen molar-refractivity contribution in [3.63, 3.8) is 0 Å². The fraction of sp³-hybridized carbons (Fsp3) is 0.250. The highest BCUT2D eigenvalue weighted by molar-refractivity contribution is 6.14. The third-order valence-electron chi connectivity index (χ3n) is 4.53. The number of carbonyl (C=O) groups excluding carboxylic acids is 2. The topological polar surface area (TPSA) is 132 Å². The van der Waals surface area contributed by atoms with Gasteiger partial charge in [-0.1, -0.05) is 6.07 Å². The molecule has 0 saturated carbocycles. The molecule has 2 aromatic heterocycles. The van der Waals surface area contributed by atoms with Crippen LogP contribution in [0.2, 0.25) is 0 Å². The fourth-order valence-corrected chi connectivity index (χ4v) is 3.14. The highest BCUT2D eigenvalue weighted by Gasteiger charge is 2.25. The number of carbonyl (C=O) groups is 2. The summed E-state index contributed by atoms with van der Waals surface area (Å²) in [6.07, 6.45) is 3.10. The van der Waals surface area contributed by atoms with Gasteiger partial charge in [-0.25, -0.2) is 9.87 Å². The molecular weight excluding hydrogens is 393 g/mol. The van der Waals surface area contributed by atoms with Gasteiger partial charge in [-0.3, -0.25) is 19.4 Å². The van der Waals surface area contributed by atoms with Crippen LogP contribution in [0.25, 0.3) is 10.9 Å². The zero-order chi connectivity index (χ0) is 21.8. The number of nitrogens with zero attached hydrogens (tertiary/aromatic N) is 2. The summed E-state index contributed by atoms with van der Waals surface area (Å²) in [5, 5.41) is 12.2. The Kier molecular flexibility index (Phi) is 6.28. The molecular formula is C20H22FN5O4. The lowest BCUT2D eigenvalue weighted by molar-refractivity contribution is 0.0256. The van der Waals surface area contributed by atoms with Gasteiger partial charge in [0.25, 0.3) is 11.8 Å². The van der Waals surface area contributed by atoms with Crippen molar-refractivity contribution >= 4 is 34.1 Å². The molecule has 0 aliphatic heterocycles. The number of hydroxylamine groups is 1. The first kappa shape index (κ1) is 21.2. The number of pyridine rings is 1. The van der Waals surface area contributed by atoms with Crippen LogP contribution in [0.3, 0.4) is 0 Å². The van der Waals surface area contributed by atoms with Crippen molar-refractivity contribution in [2.24, 2.45) is 12.8 Å². The molecule has 0 spiro atoms. The molecule has 3 aromatic rings. The van der Waals surface area contributed by atoms with Crippen LogP contribution < -0.4 is 16.5 Å². The summed E-state index contributed by atoms with van der Waals surface area (Å²) in [6, 6.07) is 4.63. The first-order valence-corrected chi connectivity index (χ1v) is 9.17. The van der Waals surface area contributed by atoms with Crippen LogP contribution in [0.1, 0.15) is 32.8 Å². The minimum atomic E-state index is -0.715. The van der Waals surface area contributed by atoms with Gasteiger partial charge in [-0.15, -0.1) is 0 Å². The second kappa shape index (κ2) is 8.89. The molecule has 10 heteroatoms. The van der Waals surface area contributed by atoms with Gasteiger partial charge in [0.05, 0.1) is 29.1 Å². The van der Waals surface area contributed by atoms with Crippen LogP contribution in [0.4, 0.5) is 15.8 Å². The van der Waals surface area contributed by atoms with Crippen molar-refractivity contribution in [1.29, 1.82) is 0 Å². The molecule has 5 N–H and O–H groups in total. The molecule has 0 aliphatic carbocycles. The molecule has 0 atom stereocenters. The third-order valence-corrected chi connectivity index (χ3v) is 4.53. The summed E-state index contributed by atoms with van der Waals surface area (Å²) in [5.74, 6) is -1.85. The van der Waals surface area contributed by atoms with E-state index in [1.54, 1.807) is 26.1 Å². The normalized spacial score (nSPS) is 10.9. The van der Waals surface area contributed by atoms with Gasteiger partial charge in [0.15, 0.2) is 0 Å². The number of hydrogen-bond acceptors (Lipinski definition) is 6. The van der Waals surface area contributed by atoms with Crippen LogP contribution in [-0.2, 0) is 11.9 Å². The smallest absolute Gasteiger partial charge is 0.293 e. The number of rotatable bonds is 8. The van der Waals surface area contributed by atoms with Crippen LogP contribution in [0.5, 0.6) is 0 Å². The highest BCUT2D eigenvalue weighted by Crippen LogP contribution is 2.34. The molecule has 0 fully saturated rings. The molecule has 1 aromatic carbocycles. The Morgan fingerprint density at radius 3 is 2.77 bits per heavy atom. The minimum Gasteiger partial charge on any atom is -0.396 e. The standard InChI is InChI=1S/C20H22FN5O4/c1-11-4-5-15(14(21)8-11)24-16-12-9-23-10-13(19(22)28)17(12)26(2)18(16)20(29)25-30-7-3-6-27/h4-5,8-10,24,27H,3,6-7H2,1-2H3,(H2,22,28)(H,25,29). The zero-order valence-corrected chi connectivity index (χ0v) is 16.5. The monoisotopic (exact) mass is 415 g/mol. The van der Waals surface area contributed by atoms with Crippen molar-refractivity contribution in [2.45, 2.75) is 13.3 Å². The van der Waals surface area contributed by atoms with E-state index in [1.165, 1.54) is 23.0 Å². The van der Waals surface area contributed by atoms with Gasteiger partial charge >= 0.3 is 0 Å². The maximum Gasteiger partial charge on any atom is 0.293 e. The molecule has 2 heterocycles. The first-order chi connectivity index (χ1) is 14.3. The number of aliphatic hydroxyl groups excluding tert-OH is 1. The average molecular weight is 415 g/mol. The second-order valence-corrected chi connectivity index (χ2v) is 6.70. The van der Waals surface area contributed by atoms with Crippen LogP contribution in [0, 0.1) is 12.7 Å². The molecule has 9 nitrogen and oxygen atoms in total. The molecule has 3 rings (SSSR count). The lowest BCUT2D eigenvalue weighted by atomic mass is 10.1. The number of aliphatic hydroxyl groups is 1. The van der Waals surface area contributed by atoms with Gasteiger partial charge in [-0.2, -0.15) is 0 Å². The van der Waals surface area contributed by atoms with Crippen molar-refractivity contribution in [3.05, 3.63) is 53.2 Å². The second-order valence-electron chi connectivity index (χ2n) is 6.70.